The number of hydrogen-bond acceptors (Lipinski definition) is 5. The van der Waals surface area contributed by atoms with Gasteiger partial charge in [-0.05, 0) is 25.6 Å². The normalized spacial score (nSPS) is 12.5. The first-order valence-corrected chi connectivity index (χ1v) is 8.62. The summed E-state index contributed by atoms with van der Waals surface area (Å²) >= 11 is 0. The van der Waals surface area contributed by atoms with E-state index in [-0.39, 0.29) is 36.1 Å². The van der Waals surface area contributed by atoms with Crippen LogP contribution in [0.2, 0.25) is 0 Å². The summed E-state index contributed by atoms with van der Waals surface area (Å²) < 4.78 is 41.3. The van der Waals surface area contributed by atoms with Gasteiger partial charge in [-0.3, -0.25) is 19.8 Å². The largest absolute Gasteiger partial charge is 0.573 e. The number of ether oxygens (including phenoxy) is 1. The number of nitrogens with zero attached hydrogens (tertiary/aromatic N) is 2. The highest BCUT2D eigenvalue weighted by atomic mass is 19.4. The number of amides is 1. The maximum Gasteiger partial charge on any atom is 0.573 e. The minimum Gasteiger partial charge on any atom is -0.405 e. The molecule has 0 heterocycles. The molecule has 0 aliphatic carbocycles. The third-order valence-electron chi connectivity index (χ3n) is 4.29. The predicted molar refractivity (Wildman–Crippen MR) is 99.1 cm³/mol. The Hall–Kier alpha value is -3.14. The minimum atomic E-state index is -4.83. The van der Waals surface area contributed by atoms with Crippen LogP contribution in [0.3, 0.4) is 0 Å². The average Bonchev–Trinajstić information content (AvgIpc) is 2.65. The molecular weight excluding hydrogens is 391 g/mol. The van der Waals surface area contributed by atoms with Gasteiger partial charge in [0, 0.05) is 30.3 Å². The standard InChI is InChI=1S/C19H20F3N3O4/c1-13(14-7-5-8-16(10-14)25(27)28)24(2)12-18(26)23-11-15-6-3-4-9-17(15)29-19(20,21)22/h3-10,13H,11-12H2,1-2H3,(H,23,26). The van der Waals surface area contributed by atoms with Gasteiger partial charge >= 0.3 is 6.36 Å². The number of carbonyl (C=O) groups is 1. The Morgan fingerprint density at radius 3 is 2.59 bits per heavy atom. The molecule has 1 atom stereocenters. The fraction of sp³-hybridized carbons (Fsp3) is 0.316. The van der Waals surface area contributed by atoms with Crippen molar-refractivity contribution >= 4 is 11.6 Å². The lowest BCUT2D eigenvalue weighted by molar-refractivity contribution is -0.384. The summed E-state index contributed by atoms with van der Waals surface area (Å²) in [5.41, 5.74) is 0.805. The van der Waals surface area contributed by atoms with E-state index in [2.05, 4.69) is 10.1 Å². The number of carbonyl (C=O) groups excluding carboxylic acids is 1. The van der Waals surface area contributed by atoms with E-state index in [1.54, 1.807) is 37.1 Å². The number of nitro groups is 1. The van der Waals surface area contributed by atoms with Crippen molar-refractivity contribution in [2.45, 2.75) is 25.9 Å². The highest BCUT2D eigenvalue weighted by molar-refractivity contribution is 5.78. The molecule has 0 radical (unpaired) electrons. The number of non-ortho nitro benzene ring substituents is 1. The minimum absolute atomic E-state index is 0.0477. The van der Waals surface area contributed by atoms with Crippen LogP contribution in [0, 0.1) is 10.1 Å². The lowest BCUT2D eigenvalue weighted by atomic mass is 10.1. The van der Waals surface area contributed by atoms with Crippen LogP contribution < -0.4 is 10.1 Å². The lowest BCUT2D eigenvalue weighted by Crippen LogP contribution is -2.36. The number of hydrogen-bond donors (Lipinski definition) is 1. The van der Waals surface area contributed by atoms with E-state index in [4.69, 9.17) is 0 Å². The van der Waals surface area contributed by atoms with E-state index in [1.807, 2.05) is 0 Å². The van der Waals surface area contributed by atoms with E-state index in [0.29, 0.717) is 5.56 Å². The second-order valence-electron chi connectivity index (χ2n) is 6.38. The molecular formula is C19H20F3N3O4. The van der Waals surface area contributed by atoms with Gasteiger partial charge < -0.3 is 10.1 Å². The SMILES string of the molecule is CC(c1cccc([N+](=O)[O-])c1)N(C)CC(=O)NCc1ccccc1OC(F)(F)F. The summed E-state index contributed by atoms with van der Waals surface area (Å²) in [5, 5.41) is 13.5. The molecule has 2 rings (SSSR count). The fourth-order valence-electron chi connectivity index (χ4n) is 2.64. The van der Waals surface area contributed by atoms with Crippen molar-refractivity contribution in [3.8, 4) is 5.75 Å². The summed E-state index contributed by atoms with van der Waals surface area (Å²) in [7, 11) is 1.67. The molecule has 0 bridgehead atoms. The number of nitro benzene ring substituents is 1. The second-order valence-corrected chi connectivity index (χ2v) is 6.38. The highest BCUT2D eigenvalue weighted by Gasteiger charge is 2.32. The molecule has 2 aromatic rings. The molecule has 29 heavy (non-hydrogen) atoms. The first-order chi connectivity index (χ1) is 13.6. The summed E-state index contributed by atoms with van der Waals surface area (Å²) in [5.74, 6) is -0.787. The van der Waals surface area contributed by atoms with Gasteiger partial charge in [-0.15, -0.1) is 13.2 Å². The maximum absolute atomic E-state index is 12.5. The van der Waals surface area contributed by atoms with E-state index in [0.717, 1.165) is 0 Å². The van der Waals surface area contributed by atoms with Crippen molar-refractivity contribution in [2.75, 3.05) is 13.6 Å². The van der Waals surface area contributed by atoms with Gasteiger partial charge in [0.1, 0.15) is 5.75 Å². The Bertz CT molecular complexity index is 874. The summed E-state index contributed by atoms with van der Waals surface area (Å²) in [4.78, 5) is 24.3. The highest BCUT2D eigenvalue weighted by Crippen LogP contribution is 2.26. The van der Waals surface area contributed by atoms with Crippen molar-refractivity contribution in [2.24, 2.45) is 0 Å². The molecule has 0 spiro atoms. The van der Waals surface area contributed by atoms with Gasteiger partial charge in [0.2, 0.25) is 5.91 Å². The number of likely N-dealkylation sites (N-methyl/N-ethyl adjacent to an activating group) is 1. The van der Waals surface area contributed by atoms with Gasteiger partial charge in [-0.2, -0.15) is 0 Å². The van der Waals surface area contributed by atoms with Crippen LogP contribution in [0.15, 0.2) is 48.5 Å². The Balaban J connectivity index is 1.96. The monoisotopic (exact) mass is 411 g/mol. The number of benzene rings is 2. The van der Waals surface area contributed by atoms with Crippen molar-refractivity contribution < 1.29 is 27.6 Å². The molecule has 0 saturated heterocycles. The molecule has 7 nitrogen and oxygen atoms in total. The number of nitrogens with one attached hydrogen (secondary N) is 1. The van der Waals surface area contributed by atoms with Crippen molar-refractivity contribution in [1.29, 1.82) is 0 Å². The maximum atomic E-state index is 12.5. The molecule has 10 heteroatoms. The molecule has 0 aromatic heterocycles. The Morgan fingerprint density at radius 1 is 1.24 bits per heavy atom. The van der Waals surface area contributed by atoms with Gasteiger partial charge in [-0.25, -0.2) is 0 Å². The van der Waals surface area contributed by atoms with Crippen molar-refractivity contribution in [3.05, 3.63) is 69.8 Å². The second kappa shape index (κ2) is 9.37. The van der Waals surface area contributed by atoms with Gasteiger partial charge in [-0.1, -0.05) is 30.3 Å². The van der Waals surface area contributed by atoms with Crippen LogP contribution in [0.5, 0.6) is 5.75 Å². The van der Waals surface area contributed by atoms with E-state index in [9.17, 15) is 28.1 Å². The van der Waals surface area contributed by atoms with Gasteiger partial charge in [0.25, 0.3) is 5.69 Å². The smallest absolute Gasteiger partial charge is 0.405 e. The summed E-state index contributed by atoms with van der Waals surface area (Å²) in [6, 6.07) is 11.4. The van der Waals surface area contributed by atoms with E-state index >= 15 is 0 Å². The first-order valence-electron chi connectivity index (χ1n) is 8.62. The number of rotatable bonds is 8. The number of para-hydroxylation sites is 1. The van der Waals surface area contributed by atoms with E-state index in [1.165, 1.54) is 30.3 Å². The average molecular weight is 411 g/mol. The zero-order valence-electron chi connectivity index (χ0n) is 15.8. The number of halogens is 3. The van der Waals surface area contributed by atoms with Crippen molar-refractivity contribution in [3.63, 3.8) is 0 Å². The zero-order valence-corrected chi connectivity index (χ0v) is 15.8. The molecule has 0 fully saturated rings. The molecule has 2 aromatic carbocycles. The summed E-state index contributed by atoms with van der Waals surface area (Å²) in [6.07, 6.45) is -4.83. The van der Waals surface area contributed by atoms with E-state index < -0.39 is 17.2 Å². The molecule has 0 saturated carbocycles. The third kappa shape index (κ3) is 6.75. The molecule has 0 aliphatic heterocycles. The summed E-state index contributed by atoms with van der Waals surface area (Å²) in [6.45, 7) is 1.61. The Morgan fingerprint density at radius 2 is 1.93 bits per heavy atom. The van der Waals surface area contributed by atoms with Gasteiger partial charge in [0.05, 0.1) is 11.5 Å². The fourth-order valence-corrected chi connectivity index (χ4v) is 2.64. The molecule has 1 unspecified atom stereocenters. The van der Waals surface area contributed by atoms with Crippen LogP contribution in [-0.2, 0) is 11.3 Å². The lowest BCUT2D eigenvalue weighted by Gasteiger charge is -2.24. The van der Waals surface area contributed by atoms with Crippen LogP contribution in [-0.4, -0.2) is 35.7 Å². The van der Waals surface area contributed by atoms with Crippen LogP contribution >= 0.6 is 0 Å². The first kappa shape index (κ1) is 22.2. The topological polar surface area (TPSA) is 84.7 Å². The third-order valence-corrected chi connectivity index (χ3v) is 4.29. The van der Waals surface area contributed by atoms with Crippen LogP contribution in [0.1, 0.15) is 24.1 Å². The number of alkyl halides is 3. The van der Waals surface area contributed by atoms with Gasteiger partial charge in [0.15, 0.2) is 0 Å². The zero-order chi connectivity index (χ0) is 21.6. The predicted octanol–water partition coefficient (Wildman–Crippen LogP) is 3.80. The Labute approximate surface area is 165 Å². The molecule has 1 N–H and O–H groups in total. The molecule has 156 valence electrons. The quantitative estimate of drug-likeness (QED) is 0.528. The Kier molecular flexibility index (Phi) is 7.16. The van der Waals surface area contributed by atoms with Crippen molar-refractivity contribution in [1.82, 2.24) is 10.2 Å². The van der Waals surface area contributed by atoms with Crippen LogP contribution in [0.4, 0.5) is 18.9 Å². The van der Waals surface area contributed by atoms with Crippen LogP contribution in [0.25, 0.3) is 0 Å². The molecule has 0 aliphatic rings. The molecule has 1 amide bonds.